The zero-order chi connectivity index (χ0) is 12.7. The molecule has 0 aromatic carbocycles. The van der Waals surface area contributed by atoms with Crippen LogP contribution < -0.4 is 5.73 Å². The second kappa shape index (κ2) is 7.56. The molecular formula is C10H21NO5. The molecule has 0 aromatic heterocycles. The summed E-state index contributed by atoms with van der Waals surface area (Å²) >= 11 is 0. The molecule has 4 atom stereocenters. The third-order valence-electron chi connectivity index (χ3n) is 2.28. The standard InChI is InChI=1S/C8H16O4.C2H5NO/c1-2-5-3-6(10)8(11)7(4-9)12-5;1-2(3)4/h5-11H,2-4H2,1H3;1H3,(H2,3,4). The lowest BCUT2D eigenvalue weighted by Crippen LogP contribution is -2.49. The van der Waals surface area contributed by atoms with Gasteiger partial charge in [0, 0.05) is 13.3 Å². The van der Waals surface area contributed by atoms with E-state index in [1.165, 1.54) is 6.92 Å². The summed E-state index contributed by atoms with van der Waals surface area (Å²) in [5.74, 6) is -0.333. The summed E-state index contributed by atoms with van der Waals surface area (Å²) in [5.41, 5.74) is 4.47. The zero-order valence-corrected chi connectivity index (χ0v) is 9.67. The molecule has 6 heteroatoms. The predicted molar refractivity (Wildman–Crippen MR) is 57.5 cm³/mol. The maximum atomic E-state index is 9.34. The van der Waals surface area contributed by atoms with Crippen molar-refractivity contribution in [2.24, 2.45) is 5.73 Å². The molecule has 0 aliphatic carbocycles. The van der Waals surface area contributed by atoms with E-state index in [1.807, 2.05) is 6.92 Å². The molecule has 0 radical (unpaired) electrons. The fourth-order valence-electron chi connectivity index (χ4n) is 1.45. The molecule has 5 N–H and O–H groups in total. The van der Waals surface area contributed by atoms with Gasteiger partial charge in [0.2, 0.25) is 5.91 Å². The molecule has 6 nitrogen and oxygen atoms in total. The van der Waals surface area contributed by atoms with Gasteiger partial charge in [0.05, 0.1) is 18.8 Å². The average molecular weight is 235 g/mol. The van der Waals surface area contributed by atoms with Gasteiger partial charge in [-0.05, 0) is 6.42 Å². The van der Waals surface area contributed by atoms with Crippen LogP contribution in [0.3, 0.4) is 0 Å². The Hall–Kier alpha value is -0.690. The molecule has 0 saturated carbocycles. The minimum atomic E-state index is -0.946. The zero-order valence-electron chi connectivity index (χ0n) is 9.67. The Morgan fingerprint density at radius 3 is 2.38 bits per heavy atom. The van der Waals surface area contributed by atoms with Crippen molar-refractivity contribution >= 4 is 5.91 Å². The van der Waals surface area contributed by atoms with Crippen molar-refractivity contribution in [1.82, 2.24) is 0 Å². The second-order valence-electron chi connectivity index (χ2n) is 3.79. The summed E-state index contributed by atoms with van der Waals surface area (Å²) in [5, 5.41) is 27.5. The van der Waals surface area contributed by atoms with Gasteiger partial charge in [-0.1, -0.05) is 6.92 Å². The third-order valence-corrected chi connectivity index (χ3v) is 2.28. The van der Waals surface area contributed by atoms with E-state index in [0.717, 1.165) is 6.42 Å². The van der Waals surface area contributed by atoms with Crippen LogP contribution in [0.25, 0.3) is 0 Å². The first kappa shape index (κ1) is 15.3. The van der Waals surface area contributed by atoms with Crippen molar-refractivity contribution in [3.63, 3.8) is 0 Å². The van der Waals surface area contributed by atoms with Gasteiger partial charge in [-0.25, -0.2) is 0 Å². The monoisotopic (exact) mass is 235 g/mol. The Labute approximate surface area is 95.0 Å². The molecule has 4 unspecified atom stereocenters. The van der Waals surface area contributed by atoms with E-state index < -0.39 is 18.3 Å². The van der Waals surface area contributed by atoms with Gasteiger partial charge in [0.25, 0.3) is 0 Å². The van der Waals surface area contributed by atoms with Crippen LogP contribution in [0.4, 0.5) is 0 Å². The number of carbonyl (C=O) groups excluding carboxylic acids is 1. The van der Waals surface area contributed by atoms with E-state index in [0.29, 0.717) is 6.42 Å². The maximum Gasteiger partial charge on any atom is 0.214 e. The lowest BCUT2D eigenvalue weighted by atomic mass is 9.97. The van der Waals surface area contributed by atoms with Crippen LogP contribution in [-0.2, 0) is 9.53 Å². The second-order valence-corrected chi connectivity index (χ2v) is 3.79. The number of ether oxygens (including phenoxy) is 1. The van der Waals surface area contributed by atoms with E-state index in [2.05, 4.69) is 5.73 Å². The van der Waals surface area contributed by atoms with Crippen LogP contribution in [0.15, 0.2) is 0 Å². The molecule has 1 saturated heterocycles. The summed E-state index contributed by atoms with van der Waals surface area (Å²) in [7, 11) is 0. The third kappa shape index (κ3) is 5.41. The normalized spacial score (nSPS) is 33.8. The summed E-state index contributed by atoms with van der Waals surface area (Å²) in [4.78, 5) is 9.22. The number of rotatable bonds is 2. The number of primary amides is 1. The number of carbonyl (C=O) groups is 1. The first-order valence-corrected chi connectivity index (χ1v) is 5.30. The molecular weight excluding hydrogens is 214 g/mol. The minimum absolute atomic E-state index is 0.0412. The van der Waals surface area contributed by atoms with Gasteiger partial charge >= 0.3 is 0 Å². The Balaban J connectivity index is 0.000000487. The van der Waals surface area contributed by atoms with E-state index >= 15 is 0 Å². The van der Waals surface area contributed by atoms with E-state index in [-0.39, 0.29) is 18.6 Å². The largest absolute Gasteiger partial charge is 0.394 e. The van der Waals surface area contributed by atoms with E-state index in [4.69, 9.17) is 9.84 Å². The Kier molecular flexibility index (Phi) is 7.24. The van der Waals surface area contributed by atoms with Gasteiger partial charge in [-0.15, -0.1) is 0 Å². The van der Waals surface area contributed by atoms with E-state index in [9.17, 15) is 15.0 Å². The number of aliphatic hydroxyl groups is 3. The van der Waals surface area contributed by atoms with Crippen molar-refractivity contribution < 1.29 is 24.9 Å². The summed E-state index contributed by atoms with van der Waals surface area (Å²) in [6.07, 6.45) is -1.13. The number of nitrogens with two attached hydrogens (primary N) is 1. The Morgan fingerprint density at radius 1 is 1.50 bits per heavy atom. The number of aliphatic hydroxyl groups excluding tert-OH is 3. The molecule has 96 valence electrons. The molecule has 0 bridgehead atoms. The van der Waals surface area contributed by atoms with Crippen LogP contribution >= 0.6 is 0 Å². The smallest absolute Gasteiger partial charge is 0.214 e. The highest BCUT2D eigenvalue weighted by Gasteiger charge is 2.35. The molecule has 16 heavy (non-hydrogen) atoms. The molecule has 0 aromatic rings. The van der Waals surface area contributed by atoms with Crippen molar-refractivity contribution in [3.8, 4) is 0 Å². The highest BCUT2D eigenvalue weighted by Crippen LogP contribution is 2.21. The van der Waals surface area contributed by atoms with Crippen molar-refractivity contribution in [1.29, 1.82) is 0 Å². The van der Waals surface area contributed by atoms with Gasteiger partial charge in [-0.2, -0.15) is 0 Å². The molecule has 1 amide bonds. The molecule has 1 aliphatic heterocycles. The topological polar surface area (TPSA) is 113 Å². The fourth-order valence-corrected chi connectivity index (χ4v) is 1.45. The SMILES string of the molecule is CC(N)=O.CCC1CC(O)C(O)C(CO)O1. The summed E-state index contributed by atoms with van der Waals surface area (Å²) < 4.78 is 5.31. The number of hydrogen-bond acceptors (Lipinski definition) is 5. The fraction of sp³-hybridized carbons (Fsp3) is 0.900. The highest BCUT2D eigenvalue weighted by atomic mass is 16.5. The Morgan fingerprint density at radius 2 is 2.00 bits per heavy atom. The molecule has 1 aliphatic rings. The molecule has 0 spiro atoms. The van der Waals surface area contributed by atoms with Gasteiger partial charge in [0.1, 0.15) is 12.2 Å². The predicted octanol–water partition coefficient (Wildman–Crippen LogP) is -1.24. The van der Waals surface area contributed by atoms with Gasteiger partial charge < -0.3 is 25.8 Å². The number of hydrogen-bond donors (Lipinski definition) is 4. The van der Waals surface area contributed by atoms with Crippen molar-refractivity contribution in [3.05, 3.63) is 0 Å². The first-order chi connectivity index (χ1) is 7.42. The first-order valence-electron chi connectivity index (χ1n) is 5.30. The quantitative estimate of drug-likeness (QED) is 0.478. The van der Waals surface area contributed by atoms with Gasteiger partial charge in [0.15, 0.2) is 0 Å². The number of amides is 1. The van der Waals surface area contributed by atoms with E-state index in [1.54, 1.807) is 0 Å². The van der Waals surface area contributed by atoms with Crippen molar-refractivity contribution in [2.45, 2.75) is 51.1 Å². The van der Waals surface area contributed by atoms with Crippen LogP contribution in [0.1, 0.15) is 26.7 Å². The van der Waals surface area contributed by atoms with Crippen LogP contribution in [0.2, 0.25) is 0 Å². The molecule has 1 fully saturated rings. The Bertz CT molecular complexity index is 207. The molecule has 1 heterocycles. The van der Waals surface area contributed by atoms with Crippen LogP contribution in [0, 0.1) is 0 Å². The van der Waals surface area contributed by atoms with Crippen LogP contribution in [-0.4, -0.2) is 52.2 Å². The lowest BCUT2D eigenvalue weighted by Gasteiger charge is -2.35. The average Bonchev–Trinajstić information content (AvgIpc) is 2.21. The minimum Gasteiger partial charge on any atom is -0.394 e. The van der Waals surface area contributed by atoms with Crippen molar-refractivity contribution in [2.75, 3.05) is 6.61 Å². The molecule has 1 rings (SSSR count). The maximum absolute atomic E-state index is 9.34. The van der Waals surface area contributed by atoms with Gasteiger partial charge in [-0.3, -0.25) is 4.79 Å². The van der Waals surface area contributed by atoms with Crippen LogP contribution in [0.5, 0.6) is 0 Å². The summed E-state index contributed by atoms with van der Waals surface area (Å²) in [6.45, 7) is 3.01. The summed E-state index contributed by atoms with van der Waals surface area (Å²) in [6, 6.07) is 0. The lowest BCUT2D eigenvalue weighted by molar-refractivity contribution is -0.179. The highest BCUT2D eigenvalue weighted by molar-refractivity contribution is 5.70.